The Morgan fingerprint density at radius 3 is 2.56 bits per heavy atom. The zero-order valence-corrected chi connectivity index (χ0v) is 14.7. The van der Waals surface area contributed by atoms with Gasteiger partial charge >= 0.3 is 0 Å². The molecule has 0 atom stereocenters. The van der Waals surface area contributed by atoms with Crippen molar-refractivity contribution >= 4 is 34.8 Å². The first-order chi connectivity index (χ1) is 11.9. The van der Waals surface area contributed by atoms with E-state index >= 15 is 0 Å². The third-order valence-corrected chi connectivity index (χ3v) is 4.34. The van der Waals surface area contributed by atoms with Crippen molar-refractivity contribution in [2.24, 2.45) is 0 Å². The van der Waals surface area contributed by atoms with Gasteiger partial charge in [-0.05, 0) is 49.8 Å². The minimum atomic E-state index is -0.329. The molecule has 0 spiro atoms. The summed E-state index contributed by atoms with van der Waals surface area (Å²) < 4.78 is 0. The van der Waals surface area contributed by atoms with Gasteiger partial charge in [-0.25, -0.2) is 5.01 Å². The number of rotatable bonds is 3. The Hall–Kier alpha value is -2.79. The van der Waals surface area contributed by atoms with Crippen LogP contribution in [0.5, 0.6) is 0 Å². The number of hydrogen-bond acceptors (Lipinski definition) is 3. The standard InChI is InChI=1S/C19H18ClN3O2/c1-12-3-7-15(8-4-12)23-18(24)10-9-17(22-23)19(25)21-14-6-5-13(2)16(20)11-14/h3-9,11,22H,10H2,1-2H3,(H,21,25). The van der Waals surface area contributed by atoms with Crippen LogP contribution in [0.1, 0.15) is 17.5 Å². The summed E-state index contributed by atoms with van der Waals surface area (Å²) in [7, 11) is 0. The summed E-state index contributed by atoms with van der Waals surface area (Å²) in [4.78, 5) is 24.6. The fraction of sp³-hybridized carbons (Fsp3) is 0.158. The molecule has 6 heteroatoms. The van der Waals surface area contributed by atoms with Gasteiger partial charge in [0.15, 0.2) is 0 Å². The molecule has 1 aliphatic rings. The van der Waals surface area contributed by atoms with Gasteiger partial charge in [0.1, 0.15) is 5.70 Å². The molecule has 0 bridgehead atoms. The largest absolute Gasteiger partial charge is 0.321 e. The fourth-order valence-corrected chi connectivity index (χ4v) is 2.60. The van der Waals surface area contributed by atoms with Crippen LogP contribution >= 0.6 is 11.6 Å². The van der Waals surface area contributed by atoms with Gasteiger partial charge in [-0.1, -0.05) is 35.4 Å². The van der Waals surface area contributed by atoms with Crippen molar-refractivity contribution in [1.29, 1.82) is 0 Å². The molecule has 0 unspecified atom stereocenters. The Balaban J connectivity index is 1.75. The van der Waals surface area contributed by atoms with Crippen LogP contribution in [0.4, 0.5) is 11.4 Å². The SMILES string of the molecule is Cc1ccc(N2NC(C(=O)Nc3ccc(C)c(Cl)c3)=CCC2=O)cc1. The van der Waals surface area contributed by atoms with E-state index in [1.165, 1.54) is 5.01 Å². The first-order valence-corrected chi connectivity index (χ1v) is 8.26. The molecular weight excluding hydrogens is 338 g/mol. The Kier molecular flexibility index (Phi) is 4.76. The molecule has 1 aliphatic heterocycles. The molecule has 25 heavy (non-hydrogen) atoms. The van der Waals surface area contributed by atoms with Crippen molar-refractivity contribution < 1.29 is 9.59 Å². The third-order valence-electron chi connectivity index (χ3n) is 3.93. The lowest BCUT2D eigenvalue weighted by Crippen LogP contribution is -2.47. The first kappa shape index (κ1) is 17.0. The van der Waals surface area contributed by atoms with Crippen LogP contribution in [0, 0.1) is 13.8 Å². The summed E-state index contributed by atoms with van der Waals surface area (Å²) in [6, 6.07) is 12.8. The van der Waals surface area contributed by atoms with Crippen LogP contribution < -0.4 is 15.8 Å². The summed E-state index contributed by atoms with van der Waals surface area (Å²) >= 11 is 6.08. The number of nitrogens with one attached hydrogen (secondary N) is 2. The molecule has 0 aliphatic carbocycles. The van der Waals surface area contributed by atoms with Crippen LogP contribution in [-0.4, -0.2) is 11.8 Å². The van der Waals surface area contributed by atoms with Gasteiger partial charge in [0, 0.05) is 17.1 Å². The van der Waals surface area contributed by atoms with Gasteiger partial charge in [-0.3, -0.25) is 15.0 Å². The molecule has 0 aromatic heterocycles. The zero-order valence-electron chi connectivity index (χ0n) is 14.0. The Morgan fingerprint density at radius 1 is 1.16 bits per heavy atom. The van der Waals surface area contributed by atoms with Crippen molar-refractivity contribution in [3.8, 4) is 0 Å². The van der Waals surface area contributed by atoms with Gasteiger partial charge in [0.2, 0.25) is 5.91 Å². The van der Waals surface area contributed by atoms with E-state index in [0.717, 1.165) is 11.1 Å². The number of benzene rings is 2. The molecule has 0 saturated carbocycles. The Bertz CT molecular complexity index is 859. The summed E-state index contributed by atoms with van der Waals surface area (Å²) in [5, 5.41) is 4.75. The van der Waals surface area contributed by atoms with E-state index in [0.29, 0.717) is 22.1 Å². The maximum absolute atomic E-state index is 12.5. The number of hydrazine groups is 1. The van der Waals surface area contributed by atoms with Crippen molar-refractivity contribution in [1.82, 2.24) is 5.43 Å². The van der Waals surface area contributed by atoms with Crippen LogP contribution in [0.25, 0.3) is 0 Å². The first-order valence-electron chi connectivity index (χ1n) is 7.88. The lowest BCUT2D eigenvalue weighted by Gasteiger charge is -2.28. The maximum atomic E-state index is 12.5. The summed E-state index contributed by atoms with van der Waals surface area (Å²) in [6.07, 6.45) is 1.73. The normalized spacial score (nSPS) is 14.0. The number of anilines is 2. The number of amides is 2. The lowest BCUT2D eigenvalue weighted by molar-refractivity contribution is -0.119. The van der Waals surface area contributed by atoms with Crippen molar-refractivity contribution in [3.63, 3.8) is 0 Å². The van der Waals surface area contributed by atoms with Crippen LogP contribution in [0.15, 0.2) is 54.2 Å². The molecule has 2 amide bonds. The zero-order chi connectivity index (χ0) is 18.0. The molecule has 0 fully saturated rings. The number of carbonyl (C=O) groups excluding carboxylic acids is 2. The van der Waals surface area contributed by atoms with Gasteiger partial charge in [0.05, 0.1) is 5.69 Å². The molecule has 3 rings (SSSR count). The monoisotopic (exact) mass is 355 g/mol. The minimum Gasteiger partial charge on any atom is -0.321 e. The molecule has 2 N–H and O–H groups in total. The summed E-state index contributed by atoms with van der Waals surface area (Å²) in [5.74, 6) is -0.455. The van der Waals surface area contributed by atoms with Gasteiger partial charge in [-0.15, -0.1) is 0 Å². The van der Waals surface area contributed by atoms with E-state index in [1.807, 2.05) is 44.2 Å². The molecule has 5 nitrogen and oxygen atoms in total. The maximum Gasteiger partial charge on any atom is 0.273 e. The predicted molar refractivity (Wildman–Crippen MR) is 99.3 cm³/mol. The Morgan fingerprint density at radius 2 is 1.88 bits per heavy atom. The third kappa shape index (κ3) is 3.83. The number of aryl methyl sites for hydroxylation is 2. The fourth-order valence-electron chi connectivity index (χ4n) is 2.42. The smallest absolute Gasteiger partial charge is 0.273 e. The van der Waals surface area contributed by atoms with Crippen molar-refractivity contribution in [2.75, 3.05) is 10.3 Å². The molecule has 0 radical (unpaired) electrons. The number of carbonyl (C=O) groups is 2. The van der Waals surface area contributed by atoms with E-state index in [4.69, 9.17) is 11.6 Å². The van der Waals surface area contributed by atoms with Crippen LogP contribution in [0.3, 0.4) is 0 Å². The average molecular weight is 356 g/mol. The number of halogens is 1. The second kappa shape index (κ2) is 6.99. The van der Waals surface area contributed by atoms with Crippen LogP contribution in [0.2, 0.25) is 5.02 Å². The molecule has 2 aromatic rings. The number of hydrogen-bond donors (Lipinski definition) is 2. The second-order valence-electron chi connectivity index (χ2n) is 5.92. The van der Waals surface area contributed by atoms with E-state index in [-0.39, 0.29) is 18.2 Å². The van der Waals surface area contributed by atoms with Crippen molar-refractivity contribution in [3.05, 3.63) is 70.4 Å². The average Bonchev–Trinajstić information content (AvgIpc) is 2.59. The van der Waals surface area contributed by atoms with Crippen LogP contribution in [-0.2, 0) is 9.59 Å². The minimum absolute atomic E-state index is 0.126. The molecule has 128 valence electrons. The van der Waals surface area contributed by atoms with Crippen molar-refractivity contribution in [2.45, 2.75) is 20.3 Å². The van der Waals surface area contributed by atoms with E-state index in [1.54, 1.807) is 18.2 Å². The number of nitrogens with zero attached hydrogens (tertiary/aromatic N) is 1. The second-order valence-corrected chi connectivity index (χ2v) is 6.32. The Labute approximate surface area is 151 Å². The highest BCUT2D eigenvalue weighted by Crippen LogP contribution is 2.22. The van der Waals surface area contributed by atoms with E-state index < -0.39 is 0 Å². The van der Waals surface area contributed by atoms with E-state index in [9.17, 15) is 9.59 Å². The highest BCUT2D eigenvalue weighted by molar-refractivity contribution is 6.31. The topological polar surface area (TPSA) is 61.4 Å². The summed E-state index contributed by atoms with van der Waals surface area (Å²) in [5.41, 5.74) is 6.52. The van der Waals surface area contributed by atoms with Gasteiger partial charge < -0.3 is 5.32 Å². The van der Waals surface area contributed by atoms with Gasteiger partial charge in [-0.2, -0.15) is 0 Å². The summed E-state index contributed by atoms with van der Waals surface area (Å²) in [6.45, 7) is 3.87. The molecular formula is C19H18ClN3O2. The lowest BCUT2D eigenvalue weighted by atomic mass is 10.2. The van der Waals surface area contributed by atoms with Gasteiger partial charge in [0.25, 0.3) is 5.91 Å². The molecule has 0 saturated heterocycles. The molecule has 2 aromatic carbocycles. The molecule has 1 heterocycles. The quantitative estimate of drug-likeness (QED) is 0.882. The highest BCUT2D eigenvalue weighted by Gasteiger charge is 2.24. The highest BCUT2D eigenvalue weighted by atomic mass is 35.5. The van der Waals surface area contributed by atoms with E-state index in [2.05, 4.69) is 10.7 Å². The predicted octanol–water partition coefficient (Wildman–Crippen LogP) is 3.72.